The summed E-state index contributed by atoms with van der Waals surface area (Å²) in [5, 5.41) is 10.3. The van der Waals surface area contributed by atoms with Crippen LogP contribution in [-0.4, -0.2) is 47.8 Å². The van der Waals surface area contributed by atoms with Crippen molar-refractivity contribution < 1.29 is 14.6 Å². The number of hydrogen-bond donors (Lipinski definition) is 1. The third-order valence-corrected chi connectivity index (χ3v) is 6.55. The molecular formula is C24H29NO3. The fraction of sp³-hybridized carbons (Fsp3) is 0.458. The molecule has 0 aromatic heterocycles. The first kappa shape index (κ1) is 19.2. The molecule has 0 radical (unpaired) electrons. The van der Waals surface area contributed by atoms with E-state index in [1.807, 2.05) is 12.1 Å². The number of likely N-dealkylation sites (tertiary alicyclic amines) is 1. The smallest absolute Gasteiger partial charge is 0.323 e. The van der Waals surface area contributed by atoms with Crippen LogP contribution in [0.1, 0.15) is 42.7 Å². The molecule has 4 heteroatoms. The molecule has 4 atom stereocenters. The molecule has 0 spiro atoms. The van der Waals surface area contributed by atoms with E-state index in [0.717, 1.165) is 32.2 Å². The maximum Gasteiger partial charge on any atom is 0.323 e. The zero-order valence-electron chi connectivity index (χ0n) is 16.4. The molecule has 2 aromatic rings. The second-order valence-corrected chi connectivity index (χ2v) is 8.14. The van der Waals surface area contributed by atoms with Crippen molar-refractivity contribution in [2.45, 2.75) is 49.8 Å². The largest absolute Gasteiger partial charge is 0.468 e. The number of carbonyl (C=O) groups excluding carboxylic acids is 1. The van der Waals surface area contributed by atoms with Gasteiger partial charge in [0.15, 0.2) is 0 Å². The highest BCUT2D eigenvalue weighted by Crippen LogP contribution is 2.42. The number of rotatable bonds is 5. The molecule has 4 rings (SSSR count). The van der Waals surface area contributed by atoms with E-state index < -0.39 is 0 Å². The summed E-state index contributed by atoms with van der Waals surface area (Å²) in [5.74, 6) is 0.482. The van der Waals surface area contributed by atoms with Crippen molar-refractivity contribution in [2.75, 3.05) is 13.7 Å². The Morgan fingerprint density at radius 1 is 1.04 bits per heavy atom. The van der Waals surface area contributed by atoms with Crippen LogP contribution in [0.15, 0.2) is 60.7 Å². The van der Waals surface area contributed by atoms with Gasteiger partial charge in [-0.05, 0) is 42.7 Å². The van der Waals surface area contributed by atoms with Gasteiger partial charge in [-0.3, -0.25) is 9.69 Å². The number of methoxy groups -OCH3 is 1. The van der Waals surface area contributed by atoms with Crippen LogP contribution in [-0.2, 0) is 9.53 Å². The van der Waals surface area contributed by atoms with Gasteiger partial charge in [0, 0.05) is 18.5 Å². The number of fused-ring (bicyclic) bond motifs is 1. The fourth-order valence-corrected chi connectivity index (χ4v) is 5.14. The average molecular weight is 380 g/mol. The average Bonchev–Trinajstić information content (AvgIpc) is 3.10. The van der Waals surface area contributed by atoms with Gasteiger partial charge < -0.3 is 9.84 Å². The van der Waals surface area contributed by atoms with Crippen LogP contribution in [0.5, 0.6) is 0 Å². The first-order valence-corrected chi connectivity index (χ1v) is 10.3. The lowest BCUT2D eigenvalue weighted by Crippen LogP contribution is -2.46. The van der Waals surface area contributed by atoms with Gasteiger partial charge in [0.05, 0.1) is 13.2 Å². The summed E-state index contributed by atoms with van der Waals surface area (Å²) >= 11 is 0. The Balaban J connectivity index is 1.67. The number of nitrogens with zero attached hydrogens (tertiary/aromatic N) is 1. The van der Waals surface area contributed by atoms with Crippen molar-refractivity contribution >= 4 is 5.97 Å². The lowest BCUT2D eigenvalue weighted by atomic mass is 9.82. The summed E-state index contributed by atoms with van der Waals surface area (Å²) in [6.07, 6.45) is 3.13. The minimum Gasteiger partial charge on any atom is -0.468 e. The van der Waals surface area contributed by atoms with E-state index in [9.17, 15) is 9.90 Å². The molecule has 28 heavy (non-hydrogen) atoms. The standard InChI is InChI=1S/C24H29NO3/c1-28-24(27)23-14-19-12-13-20(26)15-22(19)25(23)16-21(17-8-4-2-5-9-17)18-10-6-3-7-11-18/h2-11,19-23,26H,12-16H2,1H3/t19-,20+,22-,23+/m1/s1. The molecule has 1 aliphatic heterocycles. The summed E-state index contributed by atoms with van der Waals surface area (Å²) in [6.45, 7) is 0.752. The van der Waals surface area contributed by atoms with Crippen LogP contribution >= 0.6 is 0 Å². The van der Waals surface area contributed by atoms with Crippen molar-refractivity contribution in [1.82, 2.24) is 4.90 Å². The van der Waals surface area contributed by atoms with Gasteiger partial charge in [0.1, 0.15) is 6.04 Å². The Morgan fingerprint density at radius 2 is 1.64 bits per heavy atom. The maximum absolute atomic E-state index is 12.6. The number of hydrogen-bond acceptors (Lipinski definition) is 4. The molecule has 1 N–H and O–H groups in total. The lowest BCUT2D eigenvalue weighted by molar-refractivity contribution is -0.146. The summed E-state index contributed by atoms with van der Waals surface area (Å²) in [6, 6.07) is 21.0. The van der Waals surface area contributed by atoms with Crippen molar-refractivity contribution in [3.63, 3.8) is 0 Å². The number of ether oxygens (including phenoxy) is 1. The van der Waals surface area contributed by atoms with Gasteiger partial charge in [-0.2, -0.15) is 0 Å². The summed E-state index contributed by atoms with van der Waals surface area (Å²) < 4.78 is 5.15. The van der Waals surface area contributed by atoms with Gasteiger partial charge in [-0.25, -0.2) is 0 Å². The number of esters is 1. The second-order valence-electron chi connectivity index (χ2n) is 8.14. The van der Waals surface area contributed by atoms with Crippen molar-refractivity contribution in [3.05, 3.63) is 71.8 Å². The normalized spacial score (nSPS) is 27.5. The predicted octanol–water partition coefficient (Wildman–Crippen LogP) is 3.60. The molecular weight excluding hydrogens is 350 g/mol. The molecule has 0 unspecified atom stereocenters. The van der Waals surface area contributed by atoms with Crippen LogP contribution in [0.2, 0.25) is 0 Å². The van der Waals surface area contributed by atoms with E-state index in [1.54, 1.807) is 0 Å². The van der Waals surface area contributed by atoms with E-state index in [4.69, 9.17) is 4.74 Å². The summed E-state index contributed by atoms with van der Waals surface area (Å²) in [7, 11) is 1.48. The fourth-order valence-electron chi connectivity index (χ4n) is 5.14. The van der Waals surface area contributed by atoms with Crippen molar-refractivity contribution in [1.29, 1.82) is 0 Å². The third-order valence-electron chi connectivity index (χ3n) is 6.55. The molecule has 1 saturated carbocycles. The number of aliphatic hydroxyl groups excluding tert-OH is 1. The highest BCUT2D eigenvalue weighted by atomic mass is 16.5. The van der Waals surface area contributed by atoms with Crippen LogP contribution in [0, 0.1) is 5.92 Å². The SMILES string of the molecule is COC(=O)[C@@H]1C[C@H]2CC[C@H](O)C[C@H]2N1CC(c1ccccc1)c1ccccc1. The molecule has 148 valence electrons. The first-order valence-electron chi connectivity index (χ1n) is 10.3. The first-order chi connectivity index (χ1) is 13.7. The summed E-state index contributed by atoms with van der Waals surface area (Å²) in [4.78, 5) is 14.9. The zero-order valence-corrected chi connectivity index (χ0v) is 16.4. The van der Waals surface area contributed by atoms with Crippen LogP contribution in [0.3, 0.4) is 0 Å². The third kappa shape index (κ3) is 3.85. The molecule has 0 amide bonds. The number of benzene rings is 2. The van der Waals surface area contributed by atoms with Crippen molar-refractivity contribution in [3.8, 4) is 0 Å². The molecule has 1 heterocycles. The molecule has 2 fully saturated rings. The summed E-state index contributed by atoms with van der Waals surface area (Å²) in [5.41, 5.74) is 2.49. The highest BCUT2D eigenvalue weighted by molar-refractivity contribution is 5.76. The molecule has 0 bridgehead atoms. The monoisotopic (exact) mass is 379 g/mol. The quantitative estimate of drug-likeness (QED) is 0.807. The Kier molecular flexibility index (Phi) is 5.79. The molecule has 2 aromatic carbocycles. The molecule has 1 saturated heterocycles. The Labute approximate surface area is 167 Å². The predicted molar refractivity (Wildman–Crippen MR) is 109 cm³/mol. The van der Waals surface area contributed by atoms with E-state index in [-0.39, 0.29) is 30.1 Å². The van der Waals surface area contributed by atoms with Gasteiger partial charge in [0.25, 0.3) is 0 Å². The molecule has 2 aliphatic rings. The minimum absolute atomic E-state index is 0.149. The Bertz CT molecular complexity index is 739. The molecule has 4 nitrogen and oxygen atoms in total. The van der Waals surface area contributed by atoms with E-state index in [1.165, 1.54) is 18.2 Å². The number of carbonyl (C=O) groups is 1. The van der Waals surface area contributed by atoms with Crippen LogP contribution in [0.25, 0.3) is 0 Å². The molecule has 1 aliphatic carbocycles. The van der Waals surface area contributed by atoms with Gasteiger partial charge in [-0.1, -0.05) is 60.7 Å². The zero-order chi connectivity index (χ0) is 19.5. The minimum atomic E-state index is -0.271. The Hall–Kier alpha value is -2.17. The number of aliphatic hydroxyl groups is 1. The second kappa shape index (κ2) is 8.46. The maximum atomic E-state index is 12.6. The van der Waals surface area contributed by atoms with Gasteiger partial charge >= 0.3 is 5.97 Å². The Morgan fingerprint density at radius 3 is 2.21 bits per heavy atom. The van der Waals surface area contributed by atoms with E-state index in [0.29, 0.717) is 5.92 Å². The van der Waals surface area contributed by atoms with Gasteiger partial charge in [-0.15, -0.1) is 0 Å². The topological polar surface area (TPSA) is 49.8 Å². The van der Waals surface area contributed by atoms with Gasteiger partial charge in [0.2, 0.25) is 0 Å². The van der Waals surface area contributed by atoms with E-state index in [2.05, 4.69) is 53.4 Å². The van der Waals surface area contributed by atoms with Crippen molar-refractivity contribution in [2.24, 2.45) is 5.92 Å². The highest BCUT2D eigenvalue weighted by Gasteiger charge is 2.47. The van der Waals surface area contributed by atoms with E-state index >= 15 is 0 Å². The lowest BCUT2D eigenvalue weighted by Gasteiger charge is -2.37. The van der Waals surface area contributed by atoms with Crippen LogP contribution < -0.4 is 0 Å². The van der Waals surface area contributed by atoms with Crippen LogP contribution in [0.4, 0.5) is 0 Å².